The van der Waals surface area contributed by atoms with E-state index in [9.17, 15) is 27.6 Å². The fourth-order valence-corrected chi connectivity index (χ4v) is 3.56. The number of nitrogens with zero attached hydrogens (tertiary/aromatic N) is 1. The van der Waals surface area contributed by atoms with Crippen LogP contribution in [0.15, 0.2) is 53.4 Å². The molecule has 1 fully saturated rings. The minimum absolute atomic E-state index is 0.0624. The number of rotatable bonds is 3. The van der Waals surface area contributed by atoms with E-state index in [4.69, 9.17) is 4.74 Å². The summed E-state index contributed by atoms with van der Waals surface area (Å²) < 4.78 is 44.1. The van der Waals surface area contributed by atoms with E-state index in [0.717, 1.165) is 18.2 Å². The van der Waals surface area contributed by atoms with Gasteiger partial charge in [-0.3, -0.25) is 9.59 Å². The maximum absolute atomic E-state index is 13.0. The number of halogens is 3. The molecule has 162 valence electrons. The molecule has 2 amide bonds. The smallest absolute Gasteiger partial charge is 0.416 e. The number of hydrogen-bond acceptors (Lipinski definition) is 5. The fourth-order valence-electron chi connectivity index (χ4n) is 2.72. The number of carbonyl (C=O) groups excluding carboxylic acids is 3. The van der Waals surface area contributed by atoms with Crippen molar-refractivity contribution in [2.24, 2.45) is 0 Å². The summed E-state index contributed by atoms with van der Waals surface area (Å²) >= 11 is 0.629. The molecule has 0 aliphatic carbocycles. The lowest BCUT2D eigenvalue weighted by atomic mass is 10.1. The molecule has 31 heavy (non-hydrogen) atoms. The summed E-state index contributed by atoms with van der Waals surface area (Å²) in [5.41, 5.74) is -0.879. The second kappa shape index (κ2) is 8.22. The summed E-state index contributed by atoms with van der Waals surface area (Å²) in [6.45, 7) is 5.25. The third kappa shape index (κ3) is 5.35. The van der Waals surface area contributed by atoms with Crippen molar-refractivity contribution in [1.29, 1.82) is 0 Å². The lowest BCUT2D eigenvalue weighted by Gasteiger charge is -2.19. The molecule has 1 aliphatic rings. The maximum atomic E-state index is 13.0. The highest BCUT2D eigenvalue weighted by atomic mass is 32.2. The zero-order chi connectivity index (χ0) is 23.0. The number of carbonyl (C=O) groups is 3. The van der Waals surface area contributed by atoms with Crippen molar-refractivity contribution in [3.8, 4) is 0 Å². The molecule has 0 spiro atoms. The molecule has 0 atom stereocenters. The van der Waals surface area contributed by atoms with E-state index < -0.39 is 34.5 Å². The normalized spacial score (nSPS) is 16.2. The van der Waals surface area contributed by atoms with Crippen LogP contribution in [0, 0.1) is 0 Å². The van der Waals surface area contributed by atoms with Crippen LogP contribution in [-0.4, -0.2) is 22.7 Å². The summed E-state index contributed by atoms with van der Waals surface area (Å²) in [6.07, 6.45) is -3.15. The Kier molecular flexibility index (Phi) is 6.00. The Hall–Kier alpha value is -3.07. The van der Waals surface area contributed by atoms with E-state index in [1.54, 1.807) is 32.9 Å². The Labute approximate surface area is 180 Å². The van der Waals surface area contributed by atoms with Crippen LogP contribution >= 0.6 is 11.8 Å². The van der Waals surface area contributed by atoms with Gasteiger partial charge in [0.1, 0.15) is 5.60 Å². The van der Waals surface area contributed by atoms with E-state index in [2.05, 4.69) is 0 Å². The SMILES string of the molecule is CC(C)(C)OC(=O)c1ccc(/C=C2\SC(=O)N(c3cccc(C(F)(F)F)c3)C2=O)cc1. The van der Waals surface area contributed by atoms with Crippen molar-refractivity contribution in [3.63, 3.8) is 0 Å². The van der Waals surface area contributed by atoms with E-state index in [0.29, 0.717) is 27.8 Å². The molecule has 5 nitrogen and oxygen atoms in total. The third-order valence-corrected chi connectivity index (χ3v) is 4.94. The molecule has 0 aromatic heterocycles. The van der Waals surface area contributed by atoms with Gasteiger partial charge >= 0.3 is 12.1 Å². The molecular weight excluding hydrogens is 431 g/mol. The molecule has 3 rings (SSSR count). The monoisotopic (exact) mass is 449 g/mol. The molecule has 9 heteroatoms. The Morgan fingerprint density at radius 3 is 2.26 bits per heavy atom. The minimum Gasteiger partial charge on any atom is -0.456 e. The first-order valence-electron chi connectivity index (χ1n) is 9.14. The van der Waals surface area contributed by atoms with Crippen molar-refractivity contribution in [3.05, 3.63) is 70.1 Å². The van der Waals surface area contributed by atoms with Crippen LogP contribution in [0.3, 0.4) is 0 Å². The van der Waals surface area contributed by atoms with Crippen LogP contribution < -0.4 is 4.90 Å². The zero-order valence-electron chi connectivity index (χ0n) is 16.8. The molecule has 0 saturated carbocycles. The van der Waals surface area contributed by atoms with E-state index >= 15 is 0 Å². The Morgan fingerprint density at radius 1 is 1.03 bits per heavy atom. The van der Waals surface area contributed by atoms with Crippen molar-refractivity contribution in [2.75, 3.05) is 4.90 Å². The van der Waals surface area contributed by atoms with Crippen molar-refractivity contribution in [1.82, 2.24) is 0 Å². The molecule has 0 unspecified atom stereocenters. The van der Waals surface area contributed by atoms with E-state index in [-0.39, 0.29) is 10.6 Å². The quantitative estimate of drug-likeness (QED) is 0.431. The lowest BCUT2D eigenvalue weighted by Crippen LogP contribution is -2.28. The van der Waals surface area contributed by atoms with Crippen molar-refractivity contribution in [2.45, 2.75) is 32.5 Å². The summed E-state index contributed by atoms with van der Waals surface area (Å²) in [5.74, 6) is -1.21. The number of esters is 1. The third-order valence-electron chi connectivity index (χ3n) is 4.07. The Morgan fingerprint density at radius 2 is 1.68 bits per heavy atom. The number of ether oxygens (including phenoxy) is 1. The number of hydrogen-bond donors (Lipinski definition) is 0. The van der Waals surface area contributed by atoms with E-state index in [1.165, 1.54) is 24.3 Å². The first-order valence-corrected chi connectivity index (χ1v) is 9.95. The van der Waals surface area contributed by atoms with Gasteiger partial charge < -0.3 is 4.74 Å². The van der Waals surface area contributed by atoms with Crippen LogP contribution in [0.4, 0.5) is 23.7 Å². The molecule has 1 aliphatic heterocycles. The predicted molar refractivity (Wildman–Crippen MR) is 112 cm³/mol. The highest BCUT2D eigenvalue weighted by Crippen LogP contribution is 2.38. The Balaban J connectivity index is 1.82. The second-order valence-corrected chi connectivity index (χ2v) is 8.68. The number of amides is 2. The topological polar surface area (TPSA) is 63.7 Å². The molecule has 0 bridgehead atoms. The highest BCUT2D eigenvalue weighted by molar-refractivity contribution is 8.19. The lowest BCUT2D eigenvalue weighted by molar-refractivity contribution is -0.137. The van der Waals surface area contributed by atoms with Gasteiger partial charge in [-0.1, -0.05) is 18.2 Å². The fraction of sp³-hybridized carbons (Fsp3) is 0.227. The average molecular weight is 449 g/mol. The average Bonchev–Trinajstić information content (AvgIpc) is 2.93. The van der Waals surface area contributed by atoms with Gasteiger partial charge in [0.2, 0.25) is 0 Å². The Bertz CT molecular complexity index is 1070. The molecular formula is C22H18F3NO4S. The van der Waals surface area contributed by atoms with Crippen molar-refractivity contribution < 1.29 is 32.3 Å². The number of imide groups is 1. The molecule has 2 aromatic rings. The standard InChI is InChI=1S/C22H18F3NO4S/c1-21(2,3)30-19(28)14-9-7-13(8-10-14)11-17-18(27)26(20(29)31-17)16-6-4-5-15(12-16)22(23,24)25/h4-12H,1-3H3/b17-11-. The van der Waals surface area contributed by atoms with Crippen molar-refractivity contribution >= 4 is 40.6 Å². The van der Waals surface area contributed by atoms with Gasteiger partial charge in [0, 0.05) is 0 Å². The molecule has 0 radical (unpaired) electrons. The summed E-state index contributed by atoms with van der Waals surface area (Å²) in [6, 6.07) is 10.2. The molecule has 1 heterocycles. The number of anilines is 1. The molecule has 0 N–H and O–H groups in total. The first kappa shape index (κ1) is 22.6. The first-order chi connectivity index (χ1) is 14.3. The largest absolute Gasteiger partial charge is 0.456 e. The van der Waals surface area contributed by atoms with Crippen LogP contribution in [0.2, 0.25) is 0 Å². The zero-order valence-corrected chi connectivity index (χ0v) is 17.6. The number of thioether (sulfide) groups is 1. The minimum atomic E-state index is -4.59. The van der Waals surface area contributed by atoms with Gasteiger partial charge in [-0.25, -0.2) is 9.69 Å². The van der Waals surface area contributed by atoms with Crippen LogP contribution in [-0.2, 0) is 15.7 Å². The summed E-state index contributed by atoms with van der Waals surface area (Å²) in [4.78, 5) is 37.8. The highest BCUT2D eigenvalue weighted by Gasteiger charge is 2.38. The second-order valence-electron chi connectivity index (χ2n) is 7.69. The van der Waals surface area contributed by atoms with Crippen LogP contribution in [0.1, 0.15) is 42.3 Å². The molecule has 2 aromatic carbocycles. The summed E-state index contributed by atoms with van der Waals surface area (Å²) in [5, 5.41) is -0.694. The van der Waals surface area contributed by atoms with Gasteiger partial charge in [0.05, 0.1) is 21.7 Å². The van der Waals surface area contributed by atoms with E-state index in [1.807, 2.05) is 0 Å². The number of benzene rings is 2. The van der Waals surface area contributed by atoms with Gasteiger partial charge in [0.15, 0.2) is 0 Å². The van der Waals surface area contributed by atoms with Gasteiger partial charge in [-0.2, -0.15) is 13.2 Å². The number of alkyl halides is 3. The maximum Gasteiger partial charge on any atom is 0.416 e. The van der Waals surface area contributed by atoms with Gasteiger partial charge in [0.25, 0.3) is 11.1 Å². The summed E-state index contributed by atoms with van der Waals surface area (Å²) in [7, 11) is 0. The van der Waals surface area contributed by atoms with Crippen LogP contribution in [0.5, 0.6) is 0 Å². The van der Waals surface area contributed by atoms with Crippen LogP contribution in [0.25, 0.3) is 6.08 Å². The van der Waals surface area contributed by atoms with Gasteiger partial charge in [-0.15, -0.1) is 0 Å². The predicted octanol–water partition coefficient (Wildman–Crippen LogP) is 5.90. The molecule has 1 saturated heterocycles. The van der Waals surface area contributed by atoms with Gasteiger partial charge in [-0.05, 0) is 74.5 Å².